The molecule has 0 saturated carbocycles. The van der Waals surface area contributed by atoms with E-state index in [4.69, 9.17) is 24.1 Å². The molecule has 8 heavy (non-hydrogen) atoms. The Kier molecular flexibility index (Phi) is 16.7. The molecule has 5 nitrogen and oxygen atoms in total. The molecule has 0 aliphatic carbocycles. The summed E-state index contributed by atoms with van der Waals surface area (Å²) < 4.78 is 8.88. The second-order valence-electron chi connectivity index (χ2n) is 0.513. The van der Waals surface area contributed by atoms with E-state index < -0.39 is 7.82 Å². The van der Waals surface area contributed by atoms with Crippen molar-refractivity contribution < 1.29 is 27.0 Å². The summed E-state index contributed by atoms with van der Waals surface area (Å²) in [6.07, 6.45) is 0. The summed E-state index contributed by atoms with van der Waals surface area (Å²) in [6, 6.07) is 0. The van der Waals surface area contributed by atoms with Crippen molar-refractivity contribution >= 4 is 40.3 Å². The average molecular weight is 174 g/mol. The Morgan fingerprint density at radius 1 is 1.25 bits per heavy atom. The summed E-state index contributed by atoms with van der Waals surface area (Å²) in [5.41, 5.74) is 0. The molecule has 0 fully saturated rings. The maximum absolute atomic E-state index is 8.88. The van der Waals surface area contributed by atoms with E-state index in [0.29, 0.717) is 0 Å². The Hall–Kier alpha value is 1.27. The van der Waals surface area contributed by atoms with Gasteiger partial charge in [-0.05, 0) is 9.47 Å². The van der Waals surface area contributed by atoms with Crippen LogP contribution in [0.2, 0.25) is 0 Å². The molecule has 0 aliphatic rings. The maximum Gasteiger partial charge on any atom is 2.00 e. The summed E-state index contributed by atoms with van der Waals surface area (Å²) in [7, 11) is -3.22. The van der Waals surface area contributed by atoms with Gasteiger partial charge in [-0.1, -0.05) is 0 Å². The van der Waals surface area contributed by atoms with Crippen LogP contribution in [-0.4, -0.2) is 42.6 Å². The fourth-order valence-electron chi connectivity index (χ4n) is 0. The Morgan fingerprint density at radius 3 is 1.25 bits per heavy atom. The van der Waals surface area contributed by atoms with Gasteiger partial charge >= 0.3 is 30.9 Å². The van der Waals surface area contributed by atoms with Crippen LogP contribution in [0.4, 0.5) is 0 Å². The van der Waals surface area contributed by atoms with Gasteiger partial charge in [0, 0.05) is 0 Å². The normalized spacial score (nSPS) is 8.12. The first kappa shape index (κ1) is 16.1. The Morgan fingerprint density at radius 2 is 1.25 bits per heavy atom. The van der Waals surface area contributed by atoms with Crippen LogP contribution in [-0.2, 0) is 4.57 Å². The monoisotopic (exact) mass is 174 g/mol. The van der Waals surface area contributed by atoms with E-state index in [1.165, 1.54) is 9.47 Å². The third kappa shape index (κ3) is 178. The molecule has 4 N–H and O–H groups in total. The number of hydrogen-bond acceptors (Lipinski definition) is 2. The quantitative estimate of drug-likeness (QED) is 0.270. The first-order valence-corrected chi connectivity index (χ1v) is 3.12. The van der Waals surface area contributed by atoms with Crippen LogP contribution in [0.15, 0.2) is 0 Å². The molecule has 0 aliphatic heterocycles. The van der Waals surface area contributed by atoms with Crippen molar-refractivity contribution in [3.05, 3.63) is 0 Å². The van der Waals surface area contributed by atoms with E-state index in [2.05, 4.69) is 0 Å². The summed E-state index contributed by atoms with van der Waals surface area (Å²) in [6.45, 7) is 0. The fourth-order valence-corrected chi connectivity index (χ4v) is 0. The molecule has 1 atom stereocenters. The third-order valence-corrected chi connectivity index (χ3v) is 0. The second-order valence-corrected chi connectivity index (χ2v) is 1.54. The first-order chi connectivity index (χ1) is 3.00. The van der Waals surface area contributed by atoms with E-state index in [-0.39, 0.29) is 25.9 Å². The summed E-state index contributed by atoms with van der Waals surface area (Å²) >= 11 is 0. The minimum absolute atomic E-state index is 0. The topological polar surface area (TPSA) is 98.0 Å². The van der Waals surface area contributed by atoms with Gasteiger partial charge in [-0.2, -0.15) is 0 Å². The predicted octanol–water partition coefficient (Wildman–Crippen LogP) is -1.32. The summed E-state index contributed by atoms with van der Waals surface area (Å²) in [5.74, 6) is 0. The van der Waals surface area contributed by atoms with Gasteiger partial charge in [-0.3, -0.25) is 0 Å². The van der Waals surface area contributed by atoms with Crippen LogP contribution < -0.4 is 0 Å². The van der Waals surface area contributed by atoms with Gasteiger partial charge in [0.15, 0.2) is 0 Å². The smallest absolute Gasteiger partial charge is 1.00 e. The van der Waals surface area contributed by atoms with Gasteiger partial charge in [0.05, 0.1) is 0 Å². The average Bonchev–Trinajstić information content (AvgIpc) is 1.36. The zero-order valence-corrected chi connectivity index (χ0v) is 7.39. The van der Waals surface area contributed by atoms with Crippen LogP contribution in [0.5, 0.6) is 0 Å². The van der Waals surface area contributed by atoms with Crippen molar-refractivity contribution in [2.45, 2.75) is 0 Å². The van der Waals surface area contributed by atoms with Crippen molar-refractivity contribution in [1.82, 2.24) is 0 Å². The Bertz CT molecular complexity index is 63.8. The molecule has 8 heteroatoms. The molecule has 0 saturated heterocycles. The van der Waals surface area contributed by atoms with Crippen molar-refractivity contribution in [2.24, 2.45) is 0 Å². The molecule has 0 rings (SSSR count). The van der Waals surface area contributed by atoms with Gasteiger partial charge in [0.2, 0.25) is 0 Å². The zero-order valence-electron chi connectivity index (χ0n) is 5.93. The van der Waals surface area contributed by atoms with E-state index in [1.807, 2.05) is 0 Å². The fraction of sp³-hybridized carbons (Fsp3) is 0. The number of phosphoric acid groups is 1. The molecule has 0 aromatic carbocycles. The minimum atomic E-state index is -4.64. The number of rotatable bonds is 0. The maximum atomic E-state index is 8.88. The summed E-state index contributed by atoms with van der Waals surface area (Å²) in [4.78, 5) is 28.5. The van der Waals surface area contributed by atoms with Gasteiger partial charge in [0.1, 0.15) is 0 Å². The molecule has 0 aromatic rings. The number of hydrogen-bond donors (Lipinski definition) is 4. The van der Waals surface area contributed by atoms with E-state index >= 15 is 0 Å². The van der Waals surface area contributed by atoms with Crippen LogP contribution in [0.3, 0.4) is 0 Å². The SMILES string of the molecule is O=P(O)(O)O.OP.[H-].[H-].[Mg+2]. The van der Waals surface area contributed by atoms with Gasteiger partial charge in [-0.25, -0.2) is 4.57 Å². The standard InChI is InChI=1S/Mg.H3O4P.H3OP.2H/c;1-5(2,3)4;1-2;;/h;(H3,1,2,3,4);1H,2H2;;/q+2;;;2*-1. The molecular weight excluding hydrogens is 166 g/mol. The molecular formula is H8MgO5P2. The third-order valence-electron chi connectivity index (χ3n) is 0. The summed E-state index contributed by atoms with van der Waals surface area (Å²) in [5, 5.41) is 0. The molecule has 0 bridgehead atoms. The predicted molar refractivity (Wildman–Crippen MR) is 34.2 cm³/mol. The minimum Gasteiger partial charge on any atom is -1.00 e. The molecule has 0 heterocycles. The van der Waals surface area contributed by atoms with Crippen molar-refractivity contribution in [1.29, 1.82) is 0 Å². The van der Waals surface area contributed by atoms with Crippen molar-refractivity contribution in [2.75, 3.05) is 0 Å². The molecule has 0 spiro atoms. The zero-order chi connectivity index (χ0) is 6.50. The van der Waals surface area contributed by atoms with Gasteiger partial charge in [0.25, 0.3) is 0 Å². The Labute approximate surface area is 67.8 Å². The second kappa shape index (κ2) is 8.27. The van der Waals surface area contributed by atoms with Crippen LogP contribution >= 0.6 is 17.3 Å². The van der Waals surface area contributed by atoms with Gasteiger partial charge < -0.3 is 22.4 Å². The molecule has 50 valence electrons. The van der Waals surface area contributed by atoms with E-state index in [0.717, 1.165) is 0 Å². The van der Waals surface area contributed by atoms with Gasteiger partial charge in [-0.15, -0.1) is 0 Å². The molecule has 0 radical (unpaired) electrons. The first-order valence-electron chi connectivity index (χ1n) is 1.04. The molecule has 1 unspecified atom stereocenters. The van der Waals surface area contributed by atoms with Crippen molar-refractivity contribution in [3.8, 4) is 0 Å². The van der Waals surface area contributed by atoms with Crippen LogP contribution in [0.1, 0.15) is 2.85 Å². The van der Waals surface area contributed by atoms with E-state index in [1.54, 1.807) is 0 Å². The van der Waals surface area contributed by atoms with Crippen LogP contribution in [0, 0.1) is 0 Å². The van der Waals surface area contributed by atoms with E-state index in [9.17, 15) is 0 Å². The molecule has 0 aromatic heterocycles. The van der Waals surface area contributed by atoms with Crippen LogP contribution in [0.25, 0.3) is 0 Å². The van der Waals surface area contributed by atoms with Crippen molar-refractivity contribution in [3.63, 3.8) is 0 Å². The molecule has 0 amide bonds. The largest absolute Gasteiger partial charge is 2.00 e. The Balaban J connectivity index is -0.0000000154.